The van der Waals surface area contributed by atoms with E-state index in [-0.39, 0.29) is 18.8 Å². The van der Waals surface area contributed by atoms with E-state index >= 15 is 0 Å². The standard InChI is InChI=1S/C14H29N2O5P/c1-6-7-8-12(11(2)17)16(20)13(18)9-15(3)10-14(19)22(4,5)21/h12,14,17,19-20H,2,6-10H2,1,3-5H3. The molecule has 2 atom stereocenters. The molecule has 0 aliphatic rings. The summed E-state index contributed by atoms with van der Waals surface area (Å²) in [6, 6.07) is -0.839. The molecule has 3 N–H and O–H groups in total. The number of hydrogen-bond donors (Lipinski definition) is 3. The van der Waals surface area contributed by atoms with E-state index in [1.54, 1.807) is 7.05 Å². The highest BCUT2D eigenvalue weighted by atomic mass is 31.2. The Balaban J connectivity index is 4.61. The minimum atomic E-state index is -2.65. The van der Waals surface area contributed by atoms with E-state index in [1.807, 2.05) is 6.92 Å². The van der Waals surface area contributed by atoms with E-state index in [9.17, 15) is 24.8 Å². The van der Waals surface area contributed by atoms with Gasteiger partial charge in [-0.25, -0.2) is 5.06 Å². The van der Waals surface area contributed by atoms with Crippen LogP contribution >= 0.6 is 7.14 Å². The molecule has 0 aromatic carbocycles. The van der Waals surface area contributed by atoms with Crippen molar-refractivity contribution < 1.29 is 24.8 Å². The van der Waals surface area contributed by atoms with E-state index < -0.39 is 24.9 Å². The Morgan fingerprint density at radius 1 is 1.36 bits per heavy atom. The summed E-state index contributed by atoms with van der Waals surface area (Å²) >= 11 is 0. The number of likely N-dealkylation sites (N-methyl/N-ethyl adjacent to an activating group) is 1. The fourth-order valence-electron chi connectivity index (χ4n) is 1.84. The first kappa shape index (κ1) is 21.1. The van der Waals surface area contributed by atoms with Crippen molar-refractivity contribution in [2.75, 3.05) is 33.5 Å². The first-order chi connectivity index (χ1) is 10.0. The second-order valence-corrected chi connectivity index (χ2v) is 9.46. The average molecular weight is 336 g/mol. The van der Waals surface area contributed by atoms with Crippen LogP contribution in [0.2, 0.25) is 0 Å². The highest BCUT2D eigenvalue weighted by Gasteiger charge is 2.27. The molecule has 8 heteroatoms. The molecule has 0 saturated carbocycles. The molecule has 0 aliphatic heterocycles. The van der Waals surface area contributed by atoms with Crippen molar-refractivity contribution in [2.45, 2.75) is 38.1 Å². The summed E-state index contributed by atoms with van der Waals surface area (Å²) in [5.41, 5.74) is 0. The number of amides is 1. The zero-order valence-corrected chi connectivity index (χ0v) is 14.8. The molecule has 0 saturated heterocycles. The molecule has 0 rings (SSSR count). The lowest BCUT2D eigenvalue weighted by Gasteiger charge is -2.28. The molecule has 22 heavy (non-hydrogen) atoms. The van der Waals surface area contributed by atoms with Crippen LogP contribution in [0.5, 0.6) is 0 Å². The quantitative estimate of drug-likeness (QED) is 0.243. The molecule has 2 unspecified atom stereocenters. The molecular formula is C14H29N2O5P. The third kappa shape index (κ3) is 7.40. The molecule has 130 valence electrons. The van der Waals surface area contributed by atoms with Crippen molar-refractivity contribution in [2.24, 2.45) is 0 Å². The van der Waals surface area contributed by atoms with Crippen LogP contribution in [0.3, 0.4) is 0 Å². The van der Waals surface area contributed by atoms with Crippen LogP contribution in [-0.2, 0) is 9.36 Å². The van der Waals surface area contributed by atoms with Crippen LogP contribution in [0.25, 0.3) is 0 Å². The van der Waals surface area contributed by atoms with Gasteiger partial charge in [-0.1, -0.05) is 26.3 Å². The number of rotatable bonds is 10. The maximum Gasteiger partial charge on any atom is 0.260 e. The van der Waals surface area contributed by atoms with E-state index in [0.29, 0.717) is 11.5 Å². The van der Waals surface area contributed by atoms with Gasteiger partial charge in [0.2, 0.25) is 0 Å². The predicted octanol–water partition coefficient (Wildman–Crippen LogP) is 1.71. The Kier molecular flexibility index (Phi) is 8.93. The van der Waals surface area contributed by atoms with Gasteiger partial charge < -0.3 is 14.8 Å². The summed E-state index contributed by atoms with van der Waals surface area (Å²) in [5.74, 6) is -1.91. The van der Waals surface area contributed by atoms with Crippen LogP contribution < -0.4 is 0 Å². The van der Waals surface area contributed by atoms with Gasteiger partial charge in [0, 0.05) is 6.54 Å². The summed E-state index contributed by atoms with van der Waals surface area (Å²) in [7, 11) is -1.07. The van der Waals surface area contributed by atoms with Crippen molar-refractivity contribution in [1.29, 1.82) is 0 Å². The summed E-state index contributed by atoms with van der Waals surface area (Å²) in [4.78, 5) is 13.5. The van der Waals surface area contributed by atoms with Crippen LogP contribution in [0.1, 0.15) is 26.2 Å². The maximum absolute atomic E-state index is 12.0. The van der Waals surface area contributed by atoms with Crippen LogP contribution in [-0.4, -0.2) is 76.6 Å². The van der Waals surface area contributed by atoms with Crippen LogP contribution in [0, 0.1) is 0 Å². The molecule has 0 aromatic rings. The third-order valence-corrected chi connectivity index (χ3v) is 4.96. The predicted molar refractivity (Wildman–Crippen MR) is 86.7 cm³/mol. The Labute approximate surface area is 132 Å². The fourth-order valence-corrected chi connectivity index (χ4v) is 2.52. The molecule has 7 nitrogen and oxygen atoms in total. The third-order valence-electron chi connectivity index (χ3n) is 3.36. The van der Waals surface area contributed by atoms with E-state index in [1.165, 1.54) is 18.2 Å². The Morgan fingerprint density at radius 2 is 1.91 bits per heavy atom. The van der Waals surface area contributed by atoms with Gasteiger partial charge >= 0.3 is 0 Å². The van der Waals surface area contributed by atoms with Gasteiger partial charge in [-0.3, -0.25) is 14.9 Å². The number of unbranched alkanes of at least 4 members (excludes halogenated alkanes) is 1. The molecule has 0 spiro atoms. The fraction of sp³-hybridized carbons (Fsp3) is 0.786. The van der Waals surface area contributed by atoms with Gasteiger partial charge in [-0.2, -0.15) is 0 Å². The molecule has 0 aliphatic carbocycles. The zero-order chi connectivity index (χ0) is 17.5. The summed E-state index contributed by atoms with van der Waals surface area (Å²) in [6.07, 6.45) is 2.01. The first-order valence-electron chi connectivity index (χ1n) is 7.30. The summed E-state index contributed by atoms with van der Waals surface area (Å²) in [5, 5.41) is 29.7. The number of aliphatic hydroxyl groups is 2. The summed E-state index contributed by atoms with van der Waals surface area (Å²) in [6.45, 7) is 8.19. The second-order valence-electron chi connectivity index (χ2n) is 6.00. The number of nitrogens with zero attached hydrogens (tertiary/aromatic N) is 2. The normalized spacial score (nSPS) is 14.7. The van der Waals surface area contributed by atoms with Crippen molar-refractivity contribution >= 4 is 13.0 Å². The average Bonchev–Trinajstić information content (AvgIpc) is 2.36. The molecule has 0 fully saturated rings. The van der Waals surface area contributed by atoms with E-state index in [4.69, 9.17) is 0 Å². The highest BCUT2D eigenvalue weighted by Crippen LogP contribution is 2.40. The second kappa shape index (κ2) is 9.30. The SMILES string of the molecule is C=C(O)C(CCCC)N(O)C(=O)CN(C)CC(O)P(C)(C)=O. The molecular weight excluding hydrogens is 307 g/mol. The molecule has 0 aromatic heterocycles. The summed E-state index contributed by atoms with van der Waals surface area (Å²) < 4.78 is 11.7. The number of hydroxylamine groups is 2. The lowest BCUT2D eigenvalue weighted by Crippen LogP contribution is -2.45. The Morgan fingerprint density at radius 3 is 2.32 bits per heavy atom. The van der Waals surface area contributed by atoms with Gasteiger partial charge in [0.15, 0.2) is 0 Å². The number of hydrogen-bond acceptors (Lipinski definition) is 6. The van der Waals surface area contributed by atoms with Crippen molar-refractivity contribution in [1.82, 2.24) is 9.96 Å². The van der Waals surface area contributed by atoms with Crippen LogP contribution in [0.15, 0.2) is 12.3 Å². The van der Waals surface area contributed by atoms with Gasteiger partial charge in [-0.05, 0) is 26.8 Å². The zero-order valence-electron chi connectivity index (χ0n) is 13.9. The Bertz CT molecular complexity index is 423. The van der Waals surface area contributed by atoms with Crippen LogP contribution in [0.4, 0.5) is 0 Å². The van der Waals surface area contributed by atoms with E-state index in [2.05, 4.69) is 6.58 Å². The molecule has 0 radical (unpaired) electrons. The minimum Gasteiger partial charge on any atom is -0.511 e. The van der Waals surface area contributed by atoms with Crippen molar-refractivity contribution in [3.63, 3.8) is 0 Å². The monoisotopic (exact) mass is 336 g/mol. The lowest BCUT2D eigenvalue weighted by molar-refractivity contribution is -0.176. The lowest BCUT2D eigenvalue weighted by atomic mass is 10.1. The number of carbonyl (C=O) groups is 1. The molecule has 1 amide bonds. The van der Waals surface area contributed by atoms with Crippen molar-refractivity contribution in [3.05, 3.63) is 12.3 Å². The number of carbonyl (C=O) groups excluding carboxylic acids is 1. The van der Waals surface area contributed by atoms with Gasteiger partial charge in [0.25, 0.3) is 5.91 Å². The topological polar surface area (TPSA) is 101 Å². The van der Waals surface area contributed by atoms with E-state index in [0.717, 1.165) is 12.8 Å². The highest BCUT2D eigenvalue weighted by molar-refractivity contribution is 7.62. The largest absolute Gasteiger partial charge is 0.511 e. The Hall–Kier alpha value is -0.880. The smallest absolute Gasteiger partial charge is 0.260 e. The van der Waals surface area contributed by atoms with Gasteiger partial charge in [0.1, 0.15) is 24.8 Å². The van der Waals surface area contributed by atoms with Gasteiger partial charge in [-0.15, -0.1) is 0 Å². The molecule has 0 bridgehead atoms. The first-order valence-corrected chi connectivity index (χ1v) is 9.97. The maximum atomic E-state index is 12.0. The van der Waals surface area contributed by atoms with Crippen molar-refractivity contribution in [3.8, 4) is 0 Å². The van der Waals surface area contributed by atoms with Gasteiger partial charge in [0.05, 0.1) is 6.54 Å². The molecule has 0 heterocycles. The number of aliphatic hydroxyl groups excluding tert-OH is 2. The minimum absolute atomic E-state index is 0.0591.